The number of thioether (sulfide) groups is 1. The van der Waals surface area contributed by atoms with Crippen molar-refractivity contribution in [1.29, 1.82) is 0 Å². The first-order valence-corrected chi connectivity index (χ1v) is 9.45. The van der Waals surface area contributed by atoms with Crippen LogP contribution in [0, 0.1) is 13.8 Å². The third kappa shape index (κ3) is 4.29. The van der Waals surface area contributed by atoms with Crippen LogP contribution in [0.4, 0.5) is 5.69 Å². The van der Waals surface area contributed by atoms with E-state index in [0.717, 1.165) is 16.8 Å². The van der Waals surface area contributed by atoms with Gasteiger partial charge in [-0.1, -0.05) is 29.3 Å². The molecule has 1 fully saturated rings. The molecule has 0 radical (unpaired) electrons. The summed E-state index contributed by atoms with van der Waals surface area (Å²) in [5.41, 5.74) is 3.86. The number of benzene rings is 2. The maximum atomic E-state index is 12.3. The van der Waals surface area contributed by atoms with Gasteiger partial charge in [0.1, 0.15) is 5.75 Å². The Morgan fingerprint density at radius 1 is 1.23 bits per heavy atom. The van der Waals surface area contributed by atoms with E-state index in [1.807, 2.05) is 32.9 Å². The van der Waals surface area contributed by atoms with Gasteiger partial charge < -0.3 is 10.1 Å². The lowest BCUT2D eigenvalue weighted by molar-refractivity contribution is -0.115. The maximum Gasteiger partial charge on any atom is 0.264 e. The van der Waals surface area contributed by atoms with Crippen LogP contribution in [0.2, 0.25) is 5.02 Å². The highest BCUT2D eigenvalue weighted by Crippen LogP contribution is 2.32. The van der Waals surface area contributed by atoms with Gasteiger partial charge in [0.25, 0.3) is 5.91 Å². The highest BCUT2D eigenvalue weighted by Gasteiger charge is 2.24. The molecule has 0 unspecified atom stereocenters. The predicted molar refractivity (Wildman–Crippen MR) is 109 cm³/mol. The van der Waals surface area contributed by atoms with Gasteiger partial charge in [-0.15, -0.1) is 0 Å². The van der Waals surface area contributed by atoms with Crippen LogP contribution in [0.15, 0.2) is 46.3 Å². The number of rotatable bonds is 4. The van der Waals surface area contributed by atoms with Crippen molar-refractivity contribution in [2.45, 2.75) is 20.8 Å². The van der Waals surface area contributed by atoms with Crippen molar-refractivity contribution in [3.05, 3.63) is 63.0 Å². The van der Waals surface area contributed by atoms with Gasteiger partial charge in [0.2, 0.25) is 0 Å². The van der Waals surface area contributed by atoms with Crippen LogP contribution in [-0.4, -0.2) is 17.7 Å². The molecule has 1 N–H and O–H groups in total. The average Bonchev–Trinajstić information content (AvgIpc) is 2.92. The number of aliphatic imine (C=N–C) groups is 1. The standard InChI is InChI=1S/C20H19ClN2O2S/c1-4-25-17-8-6-15(21)10-14(17)11-18-19(24)23-20(26-18)22-16-7-5-12(2)9-13(16)3/h5-11H,4H2,1-3H3,(H,22,23,24)/b18-11-. The molecule has 134 valence electrons. The van der Waals surface area contributed by atoms with Crippen molar-refractivity contribution in [2.24, 2.45) is 4.99 Å². The molecule has 1 heterocycles. The SMILES string of the molecule is CCOc1ccc(Cl)cc1/C=C1\SC(=Nc2ccc(C)cc2C)NC1=O. The molecule has 6 heteroatoms. The third-order valence-electron chi connectivity index (χ3n) is 3.78. The van der Waals surface area contributed by atoms with Crippen LogP contribution in [0.3, 0.4) is 0 Å². The van der Waals surface area contributed by atoms with Crippen LogP contribution in [-0.2, 0) is 4.79 Å². The molecular weight excluding hydrogens is 368 g/mol. The number of amidine groups is 1. The topological polar surface area (TPSA) is 50.7 Å². The van der Waals surface area contributed by atoms with Gasteiger partial charge >= 0.3 is 0 Å². The van der Waals surface area contributed by atoms with Gasteiger partial charge in [-0.25, -0.2) is 4.99 Å². The first kappa shape index (κ1) is 18.5. The Bertz CT molecular complexity index is 922. The Morgan fingerprint density at radius 3 is 2.77 bits per heavy atom. The Hall–Kier alpha value is -2.24. The summed E-state index contributed by atoms with van der Waals surface area (Å²) < 4.78 is 5.61. The zero-order valence-electron chi connectivity index (χ0n) is 14.8. The van der Waals surface area contributed by atoms with E-state index in [1.54, 1.807) is 24.3 Å². The van der Waals surface area contributed by atoms with Crippen molar-refractivity contribution in [2.75, 3.05) is 6.61 Å². The zero-order chi connectivity index (χ0) is 18.7. The molecule has 3 rings (SSSR count). The summed E-state index contributed by atoms with van der Waals surface area (Å²) >= 11 is 7.39. The zero-order valence-corrected chi connectivity index (χ0v) is 16.4. The second-order valence-corrected chi connectivity index (χ2v) is 7.35. The molecule has 1 aliphatic rings. The number of amides is 1. The lowest BCUT2D eigenvalue weighted by Gasteiger charge is -2.07. The van der Waals surface area contributed by atoms with Crippen molar-refractivity contribution >= 4 is 46.2 Å². The molecule has 1 amide bonds. The van der Waals surface area contributed by atoms with E-state index in [2.05, 4.69) is 16.4 Å². The molecule has 0 saturated carbocycles. The van der Waals surface area contributed by atoms with E-state index < -0.39 is 0 Å². The van der Waals surface area contributed by atoms with Crippen LogP contribution in [0.1, 0.15) is 23.6 Å². The van der Waals surface area contributed by atoms with E-state index in [4.69, 9.17) is 16.3 Å². The third-order valence-corrected chi connectivity index (χ3v) is 4.93. The number of carbonyl (C=O) groups is 1. The molecule has 26 heavy (non-hydrogen) atoms. The Kier molecular flexibility index (Phi) is 5.69. The number of halogens is 1. The fourth-order valence-corrected chi connectivity index (χ4v) is 3.59. The van der Waals surface area contributed by atoms with E-state index >= 15 is 0 Å². The lowest BCUT2D eigenvalue weighted by atomic mass is 10.1. The van der Waals surface area contributed by atoms with Crippen molar-refractivity contribution in [1.82, 2.24) is 5.32 Å². The number of ether oxygens (including phenoxy) is 1. The van der Waals surface area contributed by atoms with Crippen LogP contribution in [0.25, 0.3) is 6.08 Å². The minimum absolute atomic E-state index is 0.180. The number of hydrogen-bond donors (Lipinski definition) is 1. The number of nitrogens with one attached hydrogen (secondary N) is 1. The highest BCUT2D eigenvalue weighted by atomic mass is 35.5. The van der Waals surface area contributed by atoms with E-state index in [0.29, 0.717) is 27.5 Å². The summed E-state index contributed by atoms with van der Waals surface area (Å²) in [4.78, 5) is 17.4. The summed E-state index contributed by atoms with van der Waals surface area (Å²) in [5, 5.41) is 3.97. The first-order chi connectivity index (χ1) is 12.5. The van der Waals surface area contributed by atoms with Gasteiger partial charge in [-0.3, -0.25) is 4.79 Å². The van der Waals surface area contributed by atoms with Crippen molar-refractivity contribution in [3.63, 3.8) is 0 Å². The molecule has 0 atom stereocenters. The second-order valence-electron chi connectivity index (χ2n) is 5.89. The molecule has 1 saturated heterocycles. The fraction of sp³-hybridized carbons (Fsp3) is 0.200. The van der Waals surface area contributed by atoms with Gasteiger partial charge in [0.15, 0.2) is 5.17 Å². The second kappa shape index (κ2) is 7.98. The van der Waals surface area contributed by atoms with E-state index in [9.17, 15) is 4.79 Å². The van der Waals surface area contributed by atoms with Gasteiger partial charge in [0, 0.05) is 10.6 Å². The molecule has 2 aromatic rings. The van der Waals surface area contributed by atoms with Crippen molar-refractivity contribution < 1.29 is 9.53 Å². The smallest absolute Gasteiger partial charge is 0.264 e. The predicted octanol–water partition coefficient (Wildman–Crippen LogP) is 5.25. The molecular formula is C20H19ClN2O2S. The summed E-state index contributed by atoms with van der Waals surface area (Å²) in [6.07, 6.45) is 1.78. The van der Waals surface area contributed by atoms with Crippen LogP contribution in [0.5, 0.6) is 5.75 Å². The Balaban J connectivity index is 1.89. The largest absolute Gasteiger partial charge is 0.493 e. The lowest BCUT2D eigenvalue weighted by Crippen LogP contribution is -2.19. The van der Waals surface area contributed by atoms with Crippen LogP contribution >= 0.6 is 23.4 Å². The normalized spacial score (nSPS) is 17.0. The Morgan fingerprint density at radius 2 is 2.04 bits per heavy atom. The Labute approximate surface area is 162 Å². The quantitative estimate of drug-likeness (QED) is 0.730. The molecule has 0 bridgehead atoms. The number of aryl methyl sites for hydroxylation is 2. The summed E-state index contributed by atoms with van der Waals surface area (Å²) in [6.45, 7) is 6.50. The van der Waals surface area contributed by atoms with Gasteiger partial charge in [0.05, 0.1) is 17.2 Å². The van der Waals surface area contributed by atoms with E-state index in [-0.39, 0.29) is 5.91 Å². The number of carbonyl (C=O) groups excluding carboxylic acids is 1. The molecule has 0 aliphatic carbocycles. The average molecular weight is 387 g/mol. The highest BCUT2D eigenvalue weighted by molar-refractivity contribution is 8.18. The minimum atomic E-state index is -0.180. The first-order valence-electron chi connectivity index (χ1n) is 8.25. The molecule has 4 nitrogen and oxygen atoms in total. The number of hydrogen-bond acceptors (Lipinski definition) is 4. The summed E-state index contributed by atoms with van der Waals surface area (Å²) in [7, 11) is 0. The minimum Gasteiger partial charge on any atom is -0.493 e. The summed E-state index contributed by atoms with van der Waals surface area (Å²) in [5.74, 6) is 0.513. The van der Waals surface area contributed by atoms with E-state index in [1.165, 1.54) is 17.3 Å². The summed E-state index contributed by atoms with van der Waals surface area (Å²) in [6, 6.07) is 11.4. The molecule has 0 aromatic heterocycles. The molecule has 0 spiro atoms. The fourth-order valence-electron chi connectivity index (χ4n) is 2.58. The molecule has 2 aromatic carbocycles. The van der Waals surface area contributed by atoms with Crippen molar-refractivity contribution in [3.8, 4) is 5.75 Å². The van der Waals surface area contributed by atoms with Gasteiger partial charge in [-0.05, 0) is 68.4 Å². The molecule has 1 aliphatic heterocycles. The van der Waals surface area contributed by atoms with Crippen LogP contribution < -0.4 is 10.1 Å². The maximum absolute atomic E-state index is 12.3. The van der Waals surface area contributed by atoms with Gasteiger partial charge in [-0.2, -0.15) is 0 Å². The number of nitrogens with zero attached hydrogens (tertiary/aromatic N) is 1. The monoisotopic (exact) mass is 386 g/mol.